The predicted octanol–water partition coefficient (Wildman–Crippen LogP) is 3.24. The number of hydrogen-bond acceptors (Lipinski definition) is 2. The van der Waals surface area contributed by atoms with Crippen LogP contribution in [0.5, 0.6) is 0 Å². The molecule has 0 aliphatic carbocycles. The Balaban J connectivity index is 2.25. The van der Waals surface area contributed by atoms with Gasteiger partial charge in [0.05, 0.1) is 4.90 Å². The summed E-state index contributed by atoms with van der Waals surface area (Å²) >= 11 is 0. The SMILES string of the molecule is CCc1ccccc1Cc1ccc(S(C)(=O)=O)cc1. The zero-order chi connectivity index (χ0) is 13.9. The molecule has 0 aromatic heterocycles. The molecule has 100 valence electrons. The maximum atomic E-state index is 11.4. The molecule has 2 aromatic carbocycles. The quantitative estimate of drug-likeness (QED) is 0.857. The molecular weight excluding hydrogens is 256 g/mol. The fraction of sp³-hybridized carbons (Fsp3) is 0.250. The van der Waals surface area contributed by atoms with Crippen LogP contribution >= 0.6 is 0 Å². The van der Waals surface area contributed by atoms with Crippen LogP contribution < -0.4 is 0 Å². The number of rotatable bonds is 4. The summed E-state index contributed by atoms with van der Waals surface area (Å²) in [7, 11) is -3.11. The van der Waals surface area contributed by atoms with Gasteiger partial charge in [-0.05, 0) is 41.7 Å². The molecule has 0 aliphatic rings. The topological polar surface area (TPSA) is 34.1 Å². The van der Waals surface area contributed by atoms with Gasteiger partial charge >= 0.3 is 0 Å². The van der Waals surface area contributed by atoms with E-state index in [0.717, 1.165) is 18.4 Å². The average Bonchev–Trinajstić information content (AvgIpc) is 2.39. The van der Waals surface area contributed by atoms with Crippen LogP contribution in [0, 0.1) is 0 Å². The molecule has 2 rings (SSSR count). The molecule has 3 heteroatoms. The number of sulfone groups is 1. The van der Waals surface area contributed by atoms with Crippen molar-refractivity contribution in [2.45, 2.75) is 24.7 Å². The van der Waals surface area contributed by atoms with E-state index >= 15 is 0 Å². The molecular formula is C16H18O2S. The first-order valence-electron chi connectivity index (χ1n) is 6.36. The molecule has 0 spiro atoms. The molecule has 0 aliphatic heterocycles. The van der Waals surface area contributed by atoms with Crippen LogP contribution in [0.25, 0.3) is 0 Å². The van der Waals surface area contributed by atoms with E-state index in [1.165, 1.54) is 17.4 Å². The molecule has 0 saturated heterocycles. The van der Waals surface area contributed by atoms with Crippen molar-refractivity contribution < 1.29 is 8.42 Å². The Morgan fingerprint density at radius 3 is 2.00 bits per heavy atom. The fourth-order valence-electron chi connectivity index (χ4n) is 2.15. The minimum Gasteiger partial charge on any atom is -0.224 e. The van der Waals surface area contributed by atoms with Gasteiger partial charge in [-0.1, -0.05) is 43.3 Å². The molecule has 2 nitrogen and oxygen atoms in total. The van der Waals surface area contributed by atoms with Crippen LogP contribution in [0.15, 0.2) is 53.4 Å². The van der Waals surface area contributed by atoms with Gasteiger partial charge in [-0.15, -0.1) is 0 Å². The zero-order valence-corrected chi connectivity index (χ0v) is 12.1. The van der Waals surface area contributed by atoms with E-state index in [0.29, 0.717) is 4.90 Å². The summed E-state index contributed by atoms with van der Waals surface area (Å²) in [5.74, 6) is 0. The smallest absolute Gasteiger partial charge is 0.175 e. The summed E-state index contributed by atoms with van der Waals surface area (Å²) in [4.78, 5) is 0.375. The predicted molar refractivity (Wildman–Crippen MR) is 78.2 cm³/mol. The highest BCUT2D eigenvalue weighted by atomic mass is 32.2. The lowest BCUT2D eigenvalue weighted by Crippen LogP contribution is -1.98. The Bertz CT molecular complexity index is 655. The second kappa shape index (κ2) is 5.57. The van der Waals surface area contributed by atoms with Crippen molar-refractivity contribution in [1.82, 2.24) is 0 Å². The van der Waals surface area contributed by atoms with E-state index in [2.05, 4.69) is 25.1 Å². The molecule has 0 radical (unpaired) electrons. The van der Waals surface area contributed by atoms with E-state index in [9.17, 15) is 8.42 Å². The average molecular weight is 274 g/mol. The Kier molecular flexibility index (Phi) is 4.05. The van der Waals surface area contributed by atoms with Gasteiger partial charge in [-0.2, -0.15) is 0 Å². The summed E-state index contributed by atoms with van der Waals surface area (Å²) in [6, 6.07) is 15.5. The maximum Gasteiger partial charge on any atom is 0.175 e. The standard InChI is InChI=1S/C16H18O2S/c1-3-14-6-4-5-7-15(14)12-13-8-10-16(11-9-13)19(2,17)18/h4-11H,3,12H2,1-2H3. The lowest BCUT2D eigenvalue weighted by molar-refractivity contribution is 0.602. The summed E-state index contributed by atoms with van der Waals surface area (Å²) in [6.45, 7) is 2.14. The van der Waals surface area contributed by atoms with Gasteiger partial charge in [0.15, 0.2) is 9.84 Å². The van der Waals surface area contributed by atoms with E-state index in [4.69, 9.17) is 0 Å². The van der Waals surface area contributed by atoms with Gasteiger partial charge in [-0.3, -0.25) is 0 Å². The van der Waals surface area contributed by atoms with Crippen molar-refractivity contribution in [3.63, 3.8) is 0 Å². The molecule has 0 bridgehead atoms. The van der Waals surface area contributed by atoms with Crippen LogP contribution in [0.1, 0.15) is 23.6 Å². The molecule has 0 unspecified atom stereocenters. The van der Waals surface area contributed by atoms with Crippen LogP contribution in [0.3, 0.4) is 0 Å². The first-order chi connectivity index (χ1) is 9.00. The number of benzene rings is 2. The Morgan fingerprint density at radius 2 is 1.47 bits per heavy atom. The summed E-state index contributed by atoms with van der Waals surface area (Å²) in [5, 5.41) is 0. The van der Waals surface area contributed by atoms with Crippen LogP contribution in [0.4, 0.5) is 0 Å². The minimum absolute atomic E-state index is 0.375. The van der Waals surface area contributed by atoms with Gasteiger partial charge in [0.2, 0.25) is 0 Å². The van der Waals surface area contributed by atoms with Gasteiger partial charge in [0, 0.05) is 6.26 Å². The first kappa shape index (κ1) is 13.8. The second-order valence-electron chi connectivity index (χ2n) is 4.72. The van der Waals surface area contributed by atoms with Crippen molar-refractivity contribution in [1.29, 1.82) is 0 Å². The van der Waals surface area contributed by atoms with Crippen molar-refractivity contribution in [3.05, 3.63) is 65.2 Å². The Morgan fingerprint density at radius 1 is 0.895 bits per heavy atom. The lowest BCUT2D eigenvalue weighted by atomic mass is 9.98. The Hall–Kier alpha value is -1.61. The normalized spacial score (nSPS) is 11.5. The molecule has 0 N–H and O–H groups in total. The summed E-state index contributed by atoms with van der Waals surface area (Å²) in [6.07, 6.45) is 3.08. The van der Waals surface area contributed by atoms with Crippen molar-refractivity contribution in [2.24, 2.45) is 0 Å². The molecule has 2 aromatic rings. The van der Waals surface area contributed by atoms with Crippen LogP contribution in [-0.2, 0) is 22.7 Å². The van der Waals surface area contributed by atoms with Crippen LogP contribution in [0.2, 0.25) is 0 Å². The molecule has 0 fully saturated rings. The second-order valence-corrected chi connectivity index (χ2v) is 6.73. The maximum absolute atomic E-state index is 11.4. The van der Waals surface area contributed by atoms with Crippen molar-refractivity contribution in [2.75, 3.05) is 6.26 Å². The van der Waals surface area contributed by atoms with E-state index < -0.39 is 9.84 Å². The van der Waals surface area contributed by atoms with Gasteiger partial charge in [0.25, 0.3) is 0 Å². The van der Waals surface area contributed by atoms with E-state index in [-0.39, 0.29) is 0 Å². The number of hydrogen-bond donors (Lipinski definition) is 0. The third-order valence-electron chi connectivity index (χ3n) is 3.25. The zero-order valence-electron chi connectivity index (χ0n) is 11.3. The van der Waals surface area contributed by atoms with Crippen LogP contribution in [-0.4, -0.2) is 14.7 Å². The minimum atomic E-state index is -3.11. The summed E-state index contributed by atoms with van der Waals surface area (Å²) < 4.78 is 22.8. The monoisotopic (exact) mass is 274 g/mol. The molecule has 0 heterocycles. The van der Waals surface area contributed by atoms with E-state index in [1.54, 1.807) is 12.1 Å². The lowest BCUT2D eigenvalue weighted by Gasteiger charge is -2.08. The van der Waals surface area contributed by atoms with Gasteiger partial charge in [-0.25, -0.2) is 8.42 Å². The number of aryl methyl sites for hydroxylation is 1. The van der Waals surface area contributed by atoms with Crippen molar-refractivity contribution in [3.8, 4) is 0 Å². The third-order valence-corrected chi connectivity index (χ3v) is 4.37. The highest BCUT2D eigenvalue weighted by molar-refractivity contribution is 7.90. The molecule has 0 saturated carbocycles. The highest BCUT2D eigenvalue weighted by Gasteiger charge is 2.07. The summed E-state index contributed by atoms with van der Waals surface area (Å²) in [5.41, 5.74) is 3.78. The van der Waals surface area contributed by atoms with Gasteiger partial charge in [0.1, 0.15) is 0 Å². The van der Waals surface area contributed by atoms with Crippen molar-refractivity contribution >= 4 is 9.84 Å². The largest absolute Gasteiger partial charge is 0.224 e. The van der Waals surface area contributed by atoms with E-state index in [1.807, 2.05) is 18.2 Å². The third kappa shape index (κ3) is 3.44. The van der Waals surface area contributed by atoms with Gasteiger partial charge < -0.3 is 0 Å². The molecule has 0 atom stereocenters. The fourth-order valence-corrected chi connectivity index (χ4v) is 2.78. The Labute approximate surface area is 115 Å². The molecule has 0 amide bonds. The first-order valence-corrected chi connectivity index (χ1v) is 8.25. The highest BCUT2D eigenvalue weighted by Crippen LogP contribution is 2.17. The molecule has 19 heavy (non-hydrogen) atoms.